The summed E-state index contributed by atoms with van der Waals surface area (Å²) in [6, 6.07) is 16.9. The first-order chi connectivity index (χ1) is 15.1. The quantitative estimate of drug-likeness (QED) is 0.508. The zero-order chi connectivity index (χ0) is 21.6. The van der Waals surface area contributed by atoms with E-state index in [1.165, 1.54) is 16.9 Å². The Balaban J connectivity index is 1.40. The number of carbonyl (C=O) groups is 2. The van der Waals surface area contributed by atoms with Crippen molar-refractivity contribution in [3.8, 4) is 5.75 Å². The van der Waals surface area contributed by atoms with Crippen molar-refractivity contribution < 1.29 is 14.3 Å². The van der Waals surface area contributed by atoms with Crippen LogP contribution in [0, 0.1) is 0 Å². The minimum Gasteiger partial charge on any atom is -0.494 e. The monoisotopic (exact) mass is 434 g/mol. The molecule has 0 atom stereocenters. The van der Waals surface area contributed by atoms with Crippen molar-refractivity contribution in [1.29, 1.82) is 0 Å². The molecule has 0 radical (unpaired) electrons. The summed E-state index contributed by atoms with van der Waals surface area (Å²) in [6.45, 7) is 4.07. The Morgan fingerprint density at radius 1 is 1.10 bits per heavy atom. The third-order valence-corrected chi connectivity index (χ3v) is 6.24. The molecule has 5 nitrogen and oxygen atoms in total. The van der Waals surface area contributed by atoms with E-state index < -0.39 is 0 Å². The van der Waals surface area contributed by atoms with Gasteiger partial charge in [-0.2, -0.15) is 0 Å². The van der Waals surface area contributed by atoms with Gasteiger partial charge in [0.2, 0.25) is 0 Å². The Labute approximate surface area is 186 Å². The van der Waals surface area contributed by atoms with E-state index in [1.807, 2.05) is 52.7 Å². The molecule has 2 amide bonds. The van der Waals surface area contributed by atoms with Crippen LogP contribution in [0.5, 0.6) is 5.75 Å². The zero-order valence-electron chi connectivity index (χ0n) is 17.6. The predicted molar refractivity (Wildman–Crippen MR) is 124 cm³/mol. The van der Waals surface area contributed by atoms with Gasteiger partial charge in [-0.15, -0.1) is 11.3 Å². The van der Waals surface area contributed by atoms with Crippen molar-refractivity contribution in [1.82, 2.24) is 4.90 Å². The molecule has 0 spiro atoms. The van der Waals surface area contributed by atoms with Crippen molar-refractivity contribution in [2.45, 2.75) is 32.7 Å². The summed E-state index contributed by atoms with van der Waals surface area (Å²) in [7, 11) is 0. The number of nitrogens with one attached hydrogen (secondary N) is 1. The Morgan fingerprint density at radius 2 is 1.94 bits per heavy atom. The number of benzene rings is 2. The fourth-order valence-corrected chi connectivity index (χ4v) is 4.30. The maximum Gasteiger partial charge on any atom is 0.264 e. The molecule has 4 rings (SSSR count). The van der Waals surface area contributed by atoms with Gasteiger partial charge in [-0.05, 0) is 71.8 Å². The summed E-state index contributed by atoms with van der Waals surface area (Å²) in [5.74, 6) is 0.674. The largest absolute Gasteiger partial charge is 0.494 e. The number of fused-ring (bicyclic) bond motifs is 1. The van der Waals surface area contributed by atoms with Gasteiger partial charge in [-0.25, -0.2) is 0 Å². The van der Waals surface area contributed by atoms with Crippen LogP contribution in [-0.4, -0.2) is 29.9 Å². The number of anilines is 1. The average Bonchev–Trinajstić information content (AvgIpc) is 3.34. The molecule has 1 aliphatic rings. The first-order valence-electron chi connectivity index (χ1n) is 10.6. The van der Waals surface area contributed by atoms with Crippen LogP contribution in [0.25, 0.3) is 0 Å². The highest BCUT2D eigenvalue weighted by Crippen LogP contribution is 2.25. The van der Waals surface area contributed by atoms with Gasteiger partial charge >= 0.3 is 0 Å². The lowest BCUT2D eigenvalue weighted by Gasteiger charge is -2.29. The summed E-state index contributed by atoms with van der Waals surface area (Å²) >= 11 is 1.46. The number of unbranched alkanes of at least 4 members (excludes halogenated alkanes) is 1. The van der Waals surface area contributed by atoms with Gasteiger partial charge in [0, 0.05) is 24.3 Å². The molecule has 1 aliphatic heterocycles. The normalized spacial score (nSPS) is 12.9. The van der Waals surface area contributed by atoms with Gasteiger partial charge in [-0.1, -0.05) is 25.5 Å². The average molecular weight is 435 g/mol. The maximum atomic E-state index is 12.7. The first-order valence-corrected chi connectivity index (χ1v) is 11.5. The van der Waals surface area contributed by atoms with E-state index >= 15 is 0 Å². The number of amides is 2. The molecule has 0 aliphatic carbocycles. The summed E-state index contributed by atoms with van der Waals surface area (Å²) in [4.78, 5) is 28.0. The van der Waals surface area contributed by atoms with Crippen LogP contribution in [0.15, 0.2) is 60.0 Å². The Bertz CT molecular complexity index is 1050. The van der Waals surface area contributed by atoms with Crippen LogP contribution in [0.4, 0.5) is 5.69 Å². The molecule has 0 saturated heterocycles. The lowest BCUT2D eigenvalue weighted by Crippen LogP contribution is -2.35. The fourth-order valence-electron chi connectivity index (χ4n) is 3.60. The van der Waals surface area contributed by atoms with Crippen molar-refractivity contribution in [3.05, 3.63) is 81.5 Å². The number of ether oxygens (including phenoxy) is 1. The lowest BCUT2D eigenvalue weighted by molar-refractivity contribution is 0.0739. The molecular weight excluding hydrogens is 408 g/mol. The van der Waals surface area contributed by atoms with Crippen LogP contribution < -0.4 is 10.1 Å². The second-order valence-electron chi connectivity index (χ2n) is 7.62. The third-order valence-electron chi connectivity index (χ3n) is 5.38. The summed E-state index contributed by atoms with van der Waals surface area (Å²) in [6.07, 6.45) is 2.91. The van der Waals surface area contributed by atoms with Crippen LogP contribution in [-0.2, 0) is 13.0 Å². The van der Waals surface area contributed by atoms with Crippen LogP contribution >= 0.6 is 11.3 Å². The topological polar surface area (TPSA) is 58.6 Å². The highest BCUT2D eigenvalue weighted by atomic mass is 32.1. The number of carbonyl (C=O) groups excluding carboxylic acids is 2. The van der Waals surface area contributed by atoms with Gasteiger partial charge in [0.1, 0.15) is 5.75 Å². The molecule has 0 saturated carbocycles. The number of hydrogen-bond acceptors (Lipinski definition) is 4. The molecule has 2 heterocycles. The van der Waals surface area contributed by atoms with Crippen LogP contribution in [0.2, 0.25) is 0 Å². The first kappa shape index (κ1) is 21.1. The van der Waals surface area contributed by atoms with Crippen molar-refractivity contribution >= 4 is 28.8 Å². The molecule has 1 aromatic heterocycles. The molecule has 0 fully saturated rings. The highest BCUT2D eigenvalue weighted by Gasteiger charge is 2.22. The Morgan fingerprint density at radius 3 is 2.68 bits per heavy atom. The molecule has 1 N–H and O–H groups in total. The predicted octanol–water partition coefficient (Wildman–Crippen LogP) is 5.38. The molecule has 2 aromatic carbocycles. The van der Waals surface area contributed by atoms with Gasteiger partial charge in [0.15, 0.2) is 0 Å². The molecule has 0 bridgehead atoms. The van der Waals surface area contributed by atoms with Crippen LogP contribution in [0.3, 0.4) is 0 Å². The smallest absolute Gasteiger partial charge is 0.264 e. The van der Waals surface area contributed by atoms with E-state index in [0.717, 1.165) is 41.1 Å². The van der Waals surface area contributed by atoms with Gasteiger partial charge in [0.25, 0.3) is 11.8 Å². The number of hydrogen-bond donors (Lipinski definition) is 1. The molecule has 3 aromatic rings. The van der Waals surface area contributed by atoms with E-state index in [-0.39, 0.29) is 11.8 Å². The van der Waals surface area contributed by atoms with Crippen molar-refractivity contribution in [2.75, 3.05) is 18.5 Å². The molecule has 160 valence electrons. The molecule has 6 heteroatoms. The number of nitrogens with zero attached hydrogens (tertiary/aromatic N) is 1. The van der Waals surface area contributed by atoms with Crippen molar-refractivity contribution in [2.24, 2.45) is 0 Å². The summed E-state index contributed by atoms with van der Waals surface area (Å²) in [5, 5.41) is 4.89. The van der Waals surface area contributed by atoms with Gasteiger partial charge in [0.05, 0.1) is 11.5 Å². The van der Waals surface area contributed by atoms with E-state index in [9.17, 15) is 9.59 Å². The van der Waals surface area contributed by atoms with Crippen molar-refractivity contribution in [3.63, 3.8) is 0 Å². The second-order valence-corrected chi connectivity index (χ2v) is 8.57. The Hall–Kier alpha value is -3.12. The van der Waals surface area contributed by atoms with Gasteiger partial charge in [-0.3, -0.25) is 9.59 Å². The fraction of sp³-hybridized carbons (Fsp3) is 0.280. The van der Waals surface area contributed by atoms with Gasteiger partial charge < -0.3 is 15.0 Å². The van der Waals surface area contributed by atoms with Crippen LogP contribution in [0.1, 0.15) is 50.9 Å². The summed E-state index contributed by atoms with van der Waals surface area (Å²) < 4.78 is 5.65. The standard InChI is InChI=1S/C25H26N2O3S/c1-2-3-14-30-22-10-7-19(8-11-22)24(28)26-21-9-6-18-12-13-27(17-20(18)16-21)25(29)23-5-4-15-31-23/h4-11,15-16H,2-3,12-14,17H2,1H3,(H,26,28). The SMILES string of the molecule is CCCCOc1ccc(C(=O)Nc2ccc3c(c2)CN(C(=O)c2cccs2)CC3)cc1. The second kappa shape index (κ2) is 9.79. The van der Waals surface area contributed by atoms with E-state index in [0.29, 0.717) is 25.3 Å². The summed E-state index contributed by atoms with van der Waals surface area (Å²) in [5.41, 5.74) is 3.61. The van der Waals surface area contributed by atoms with E-state index in [1.54, 1.807) is 12.1 Å². The number of thiophene rings is 1. The third kappa shape index (κ3) is 5.14. The molecular formula is C25H26N2O3S. The number of rotatable bonds is 7. The van der Waals surface area contributed by atoms with E-state index in [4.69, 9.17) is 4.74 Å². The molecule has 0 unspecified atom stereocenters. The van der Waals surface area contributed by atoms with E-state index in [2.05, 4.69) is 12.2 Å². The zero-order valence-corrected chi connectivity index (χ0v) is 18.4. The Kier molecular flexibility index (Phi) is 6.67. The maximum absolute atomic E-state index is 12.7. The lowest BCUT2D eigenvalue weighted by atomic mass is 9.98. The molecule has 31 heavy (non-hydrogen) atoms. The minimum atomic E-state index is -0.164. The highest BCUT2D eigenvalue weighted by molar-refractivity contribution is 7.12. The minimum absolute atomic E-state index is 0.0661.